The molecule has 0 saturated carbocycles. The number of H-pyrrole nitrogens is 1. The maximum atomic E-state index is 12.2. The lowest BCUT2D eigenvalue weighted by Crippen LogP contribution is -2.28. The van der Waals surface area contributed by atoms with Crippen LogP contribution >= 0.6 is 11.5 Å². The third kappa shape index (κ3) is 1.56. The van der Waals surface area contributed by atoms with E-state index in [4.69, 9.17) is 0 Å². The summed E-state index contributed by atoms with van der Waals surface area (Å²) in [4.78, 5) is 35.4. The molecule has 84 valence electrons. The van der Waals surface area contributed by atoms with Crippen LogP contribution in [-0.4, -0.2) is 20.0 Å². The first kappa shape index (κ1) is 10.7. The number of nitrogens with zero attached hydrogens (tertiary/aromatic N) is 2. The molecule has 0 aliphatic carbocycles. The molecule has 0 aromatic carbocycles. The minimum Gasteiger partial charge on any atom is -0.286 e. The molecule has 0 atom stereocenters. The zero-order chi connectivity index (χ0) is 11.9. The third-order valence-corrected chi connectivity index (χ3v) is 3.07. The van der Waals surface area contributed by atoms with Crippen LogP contribution in [0.25, 0.3) is 10.2 Å². The third-order valence-electron chi connectivity index (χ3n) is 2.11. The second kappa shape index (κ2) is 3.63. The Morgan fingerprint density at radius 1 is 1.56 bits per heavy atom. The highest BCUT2D eigenvalue weighted by molar-refractivity contribution is 7.13. The van der Waals surface area contributed by atoms with Gasteiger partial charge in [0.25, 0.3) is 5.56 Å². The van der Waals surface area contributed by atoms with E-state index in [1.54, 1.807) is 0 Å². The Labute approximate surface area is 91.5 Å². The number of nitrogens with one attached hydrogen (secondary N) is 1. The van der Waals surface area contributed by atoms with Crippen molar-refractivity contribution in [1.82, 2.24) is 13.9 Å². The number of hydrogen-bond donors (Lipinski definition) is 1. The van der Waals surface area contributed by atoms with Crippen LogP contribution in [0.3, 0.4) is 0 Å². The van der Waals surface area contributed by atoms with Gasteiger partial charge in [-0.2, -0.15) is 8.76 Å². The van der Waals surface area contributed by atoms with E-state index in [0.29, 0.717) is 4.83 Å². The number of carbonyl (C=O) groups is 1. The van der Waals surface area contributed by atoms with Crippen molar-refractivity contribution < 1.29 is 9.18 Å². The van der Waals surface area contributed by atoms with E-state index in [2.05, 4.69) is 9.36 Å². The van der Waals surface area contributed by atoms with Crippen LogP contribution in [0.15, 0.2) is 9.59 Å². The van der Waals surface area contributed by atoms with Gasteiger partial charge in [-0.25, -0.2) is 4.79 Å². The van der Waals surface area contributed by atoms with Gasteiger partial charge >= 0.3 is 11.7 Å². The molecule has 6 nitrogen and oxygen atoms in total. The van der Waals surface area contributed by atoms with Crippen molar-refractivity contribution >= 4 is 27.8 Å². The summed E-state index contributed by atoms with van der Waals surface area (Å²) >= 11 is 0.885. The van der Waals surface area contributed by atoms with Crippen LogP contribution in [0, 0.1) is 0 Å². The topological polar surface area (TPSA) is 84.8 Å². The molecule has 0 aliphatic heterocycles. The van der Waals surface area contributed by atoms with Crippen molar-refractivity contribution in [3.8, 4) is 0 Å². The first-order valence-corrected chi connectivity index (χ1v) is 5.04. The maximum Gasteiger partial charge on any atom is 0.329 e. The van der Waals surface area contributed by atoms with E-state index in [-0.39, 0.29) is 11.1 Å². The van der Waals surface area contributed by atoms with Crippen LogP contribution in [0.4, 0.5) is 4.39 Å². The van der Waals surface area contributed by atoms with Crippen molar-refractivity contribution in [2.75, 3.05) is 0 Å². The molecule has 0 aliphatic rings. The molecule has 2 heterocycles. The normalized spacial score (nSPS) is 10.9. The molecule has 2 rings (SSSR count). The minimum absolute atomic E-state index is 0.0596. The summed E-state index contributed by atoms with van der Waals surface area (Å²) in [7, 11) is 1.46. The second-order valence-electron chi connectivity index (χ2n) is 3.16. The van der Waals surface area contributed by atoms with E-state index in [9.17, 15) is 18.8 Å². The van der Waals surface area contributed by atoms with Gasteiger partial charge < -0.3 is 0 Å². The monoisotopic (exact) mass is 243 g/mol. The summed E-state index contributed by atoms with van der Waals surface area (Å²) in [6.07, 6.45) is -0.554. The summed E-state index contributed by atoms with van der Waals surface area (Å²) in [6.45, 7) is 0. The van der Waals surface area contributed by atoms with Gasteiger partial charge in [-0.3, -0.25) is 19.1 Å². The number of aromatic amines is 1. The molecule has 2 aromatic heterocycles. The number of halogens is 1. The van der Waals surface area contributed by atoms with Gasteiger partial charge in [0, 0.05) is 7.05 Å². The number of rotatable bonds is 2. The lowest BCUT2D eigenvalue weighted by molar-refractivity contribution is -0.128. The minimum atomic E-state index is -1.57. The molecule has 2 aromatic rings. The Morgan fingerprint density at radius 2 is 2.25 bits per heavy atom. The maximum absolute atomic E-state index is 12.2. The number of aromatic nitrogens is 3. The van der Waals surface area contributed by atoms with Gasteiger partial charge in [-0.15, -0.1) is 0 Å². The number of fused-ring (bicyclic) bond motifs is 1. The Kier molecular flexibility index (Phi) is 2.43. The molecule has 0 fully saturated rings. The van der Waals surface area contributed by atoms with E-state index in [0.717, 1.165) is 11.5 Å². The zero-order valence-corrected chi connectivity index (χ0v) is 8.93. The molecule has 0 bridgehead atoms. The summed E-state index contributed by atoms with van der Waals surface area (Å²) in [5.74, 6) is 0. The van der Waals surface area contributed by atoms with E-state index >= 15 is 0 Å². The van der Waals surface area contributed by atoms with Gasteiger partial charge in [0.15, 0.2) is 0 Å². The highest BCUT2D eigenvalue weighted by atomic mass is 32.1. The van der Waals surface area contributed by atoms with Gasteiger partial charge in [-0.1, -0.05) is 0 Å². The van der Waals surface area contributed by atoms with Crippen LogP contribution < -0.4 is 11.2 Å². The molecule has 0 unspecified atom stereocenters. The molecule has 16 heavy (non-hydrogen) atoms. The first-order valence-electron chi connectivity index (χ1n) is 4.26. The lowest BCUT2D eigenvalue weighted by Gasteiger charge is -1.96. The van der Waals surface area contributed by atoms with Crippen molar-refractivity contribution in [3.05, 3.63) is 26.5 Å². The van der Waals surface area contributed by atoms with Gasteiger partial charge in [-0.05, 0) is 11.5 Å². The average Bonchev–Trinajstić information content (AvgIpc) is 2.58. The summed E-state index contributed by atoms with van der Waals surface area (Å²) in [5.41, 5.74) is -1.16. The Balaban J connectivity index is 2.83. The van der Waals surface area contributed by atoms with E-state index in [1.165, 1.54) is 11.6 Å². The van der Waals surface area contributed by atoms with E-state index in [1.807, 2.05) is 0 Å². The molecule has 8 heteroatoms. The molecule has 0 radical (unpaired) electrons. The fraction of sp³-hybridized carbons (Fsp3) is 0.250. The highest BCUT2D eigenvalue weighted by Gasteiger charge is 2.16. The average molecular weight is 243 g/mol. The quantitative estimate of drug-likeness (QED) is 0.735. The SMILES string of the molecule is Cn1c(=O)[nH]c(=O)c2c(CC(=O)F)nsc21. The first-order chi connectivity index (χ1) is 7.50. The smallest absolute Gasteiger partial charge is 0.286 e. The van der Waals surface area contributed by atoms with Crippen molar-refractivity contribution in [2.24, 2.45) is 7.05 Å². The molecular formula is C8H6FN3O3S. The van der Waals surface area contributed by atoms with Crippen LogP contribution in [-0.2, 0) is 18.3 Å². The Morgan fingerprint density at radius 3 is 2.88 bits per heavy atom. The summed E-state index contributed by atoms with van der Waals surface area (Å²) in [5, 5.41) is 0.0955. The number of aryl methyl sites for hydroxylation is 1. The molecular weight excluding hydrogens is 237 g/mol. The van der Waals surface area contributed by atoms with Crippen molar-refractivity contribution in [3.63, 3.8) is 0 Å². The predicted molar refractivity (Wildman–Crippen MR) is 55.3 cm³/mol. The zero-order valence-electron chi connectivity index (χ0n) is 8.11. The fourth-order valence-corrected chi connectivity index (χ4v) is 2.22. The standard InChI is InChI=1S/C8H6FN3O3S/c1-12-7-5(6(14)10-8(12)15)3(11-16-7)2-4(9)13/h2H2,1H3,(H,10,14,15). The largest absolute Gasteiger partial charge is 0.329 e. The Hall–Kier alpha value is -1.83. The van der Waals surface area contributed by atoms with Gasteiger partial charge in [0.2, 0.25) is 0 Å². The summed E-state index contributed by atoms with van der Waals surface area (Å²) in [6, 6.07) is -1.57. The van der Waals surface area contributed by atoms with Crippen LogP contribution in [0.1, 0.15) is 5.69 Å². The molecule has 0 saturated heterocycles. The van der Waals surface area contributed by atoms with Crippen LogP contribution in [0.2, 0.25) is 0 Å². The van der Waals surface area contributed by atoms with Crippen molar-refractivity contribution in [1.29, 1.82) is 0 Å². The predicted octanol–water partition coefficient (Wildman–Crippen LogP) is -0.278. The molecule has 0 amide bonds. The van der Waals surface area contributed by atoms with Gasteiger partial charge in [0.05, 0.1) is 17.5 Å². The molecule has 0 spiro atoms. The number of carbonyl (C=O) groups excluding carboxylic acids is 1. The Bertz CT molecular complexity index is 684. The highest BCUT2D eigenvalue weighted by Crippen LogP contribution is 2.17. The lowest BCUT2D eigenvalue weighted by atomic mass is 10.2. The second-order valence-corrected chi connectivity index (χ2v) is 3.91. The fourth-order valence-electron chi connectivity index (χ4n) is 1.36. The van der Waals surface area contributed by atoms with Gasteiger partial charge in [0.1, 0.15) is 4.83 Å². The van der Waals surface area contributed by atoms with Crippen LogP contribution in [0.5, 0.6) is 0 Å². The summed E-state index contributed by atoms with van der Waals surface area (Å²) < 4.78 is 17.2. The number of hydrogen-bond acceptors (Lipinski definition) is 5. The van der Waals surface area contributed by atoms with E-state index < -0.39 is 23.7 Å². The van der Waals surface area contributed by atoms with Crippen molar-refractivity contribution in [2.45, 2.75) is 6.42 Å². The molecule has 1 N–H and O–H groups in total.